The van der Waals surface area contributed by atoms with Crippen LogP contribution in [0.1, 0.15) is 33.8 Å². The van der Waals surface area contributed by atoms with E-state index in [1.54, 1.807) is 6.07 Å². The number of aliphatic hydroxyl groups is 1. The number of carbonyl (C=O) groups is 2. The number of amides is 2. The van der Waals surface area contributed by atoms with Crippen LogP contribution in [0.3, 0.4) is 0 Å². The highest BCUT2D eigenvalue weighted by molar-refractivity contribution is 7.13. The average molecular weight is 282 g/mol. The van der Waals surface area contributed by atoms with Crippen LogP contribution in [0.5, 0.6) is 0 Å². The van der Waals surface area contributed by atoms with E-state index < -0.39 is 5.60 Å². The Balaban J connectivity index is 1.70. The molecule has 1 fully saturated rings. The highest BCUT2D eigenvalue weighted by Crippen LogP contribution is 2.30. The zero-order valence-corrected chi connectivity index (χ0v) is 11.7. The van der Waals surface area contributed by atoms with Gasteiger partial charge in [-0.2, -0.15) is 0 Å². The molecule has 1 aliphatic rings. The van der Waals surface area contributed by atoms with Crippen LogP contribution in [0.15, 0.2) is 12.1 Å². The molecular formula is C13H18N2O3S. The molecule has 0 aliphatic heterocycles. The Bertz CT molecular complexity index is 480. The fraction of sp³-hybridized carbons (Fsp3) is 0.538. The molecule has 0 atom stereocenters. The van der Waals surface area contributed by atoms with Crippen LogP contribution >= 0.6 is 11.3 Å². The maximum Gasteiger partial charge on any atom is 0.261 e. The molecule has 1 aromatic heterocycles. The fourth-order valence-corrected chi connectivity index (χ4v) is 2.68. The van der Waals surface area contributed by atoms with Crippen LogP contribution in [-0.4, -0.2) is 35.6 Å². The Morgan fingerprint density at radius 3 is 2.63 bits per heavy atom. The Labute approximate surface area is 116 Å². The monoisotopic (exact) mass is 282 g/mol. The summed E-state index contributed by atoms with van der Waals surface area (Å²) >= 11 is 1.39. The smallest absolute Gasteiger partial charge is 0.261 e. The largest absolute Gasteiger partial charge is 0.388 e. The fourth-order valence-electron chi connectivity index (χ4n) is 1.89. The number of nitrogens with one attached hydrogen (secondary N) is 2. The van der Waals surface area contributed by atoms with Gasteiger partial charge < -0.3 is 15.7 Å². The minimum absolute atomic E-state index is 0.0636. The second kappa shape index (κ2) is 5.71. The van der Waals surface area contributed by atoms with Crippen molar-refractivity contribution in [1.29, 1.82) is 0 Å². The molecule has 19 heavy (non-hydrogen) atoms. The number of rotatable bonds is 5. The molecule has 1 aromatic rings. The summed E-state index contributed by atoms with van der Waals surface area (Å²) in [4.78, 5) is 24.9. The van der Waals surface area contributed by atoms with E-state index in [1.807, 2.05) is 13.0 Å². The summed E-state index contributed by atoms with van der Waals surface area (Å²) in [5, 5.41) is 15.0. The van der Waals surface area contributed by atoms with Crippen molar-refractivity contribution in [1.82, 2.24) is 10.6 Å². The van der Waals surface area contributed by atoms with Crippen molar-refractivity contribution in [2.45, 2.75) is 31.8 Å². The van der Waals surface area contributed by atoms with Crippen molar-refractivity contribution in [2.24, 2.45) is 0 Å². The van der Waals surface area contributed by atoms with Gasteiger partial charge in [0.05, 0.1) is 17.0 Å². The van der Waals surface area contributed by atoms with Crippen LogP contribution in [0.4, 0.5) is 0 Å². The van der Waals surface area contributed by atoms with Gasteiger partial charge in [0.1, 0.15) is 0 Å². The van der Waals surface area contributed by atoms with Crippen molar-refractivity contribution in [2.75, 3.05) is 13.1 Å². The van der Waals surface area contributed by atoms with E-state index in [0.717, 1.165) is 24.1 Å². The Hall–Kier alpha value is -1.40. The maximum atomic E-state index is 11.7. The summed E-state index contributed by atoms with van der Waals surface area (Å²) in [5.74, 6) is -0.516. The van der Waals surface area contributed by atoms with Crippen molar-refractivity contribution in [3.8, 4) is 0 Å². The van der Waals surface area contributed by atoms with E-state index in [2.05, 4.69) is 10.6 Å². The molecule has 3 N–H and O–H groups in total. The van der Waals surface area contributed by atoms with Gasteiger partial charge in [-0.05, 0) is 38.3 Å². The molecule has 0 saturated heterocycles. The van der Waals surface area contributed by atoms with Gasteiger partial charge in [-0.25, -0.2) is 0 Å². The standard InChI is InChI=1S/C13H18N2O3S/c1-9-3-4-10(19-9)12(17)14-7-11(16)15-8-13(18)5-2-6-13/h3-4,18H,2,5-8H2,1H3,(H,14,17)(H,15,16). The van der Waals surface area contributed by atoms with E-state index in [4.69, 9.17) is 0 Å². The molecule has 2 rings (SSSR count). The van der Waals surface area contributed by atoms with Gasteiger partial charge in [-0.1, -0.05) is 0 Å². The lowest BCUT2D eigenvalue weighted by atomic mass is 9.80. The Morgan fingerprint density at radius 1 is 1.37 bits per heavy atom. The molecule has 0 bridgehead atoms. The minimum atomic E-state index is -0.732. The van der Waals surface area contributed by atoms with Crippen molar-refractivity contribution < 1.29 is 14.7 Å². The van der Waals surface area contributed by atoms with Crippen molar-refractivity contribution in [3.63, 3.8) is 0 Å². The van der Waals surface area contributed by atoms with E-state index >= 15 is 0 Å². The molecule has 1 aliphatic carbocycles. The van der Waals surface area contributed by atoms with E-state index in [1.165, 1.54) is 11.3 Å². The lowest BCUT2D eigenvalue weighted by Gasteiger charge is -2.36. The number of aryl methyl sites for hydroxylation is 1. The molecule has 104 valence electrons. The van der Waals surface area contributed by atoms with Crippen LogP contribution in [0.25, 0.3) is 0 Å². The topological polar surface area (TPSA) is 78.4 Å². The summed E-state index contributed by atoms with van der Waals surface area (Å²) in [6, 6.07) is 3.61. The summed E-state index contributed by atoms with van der Waals surface area (Å²) in [6.45, 7) is 2.12. The molecule has 1 heterocycles. The molecule has 1 saturated carbocycles. The molecule has 0 spiro atoms. The number of thiophene rings is 1. The average Bonchev–Trinajstić information content (AvgIpc) is 2.77. The van der Waals surface area contributed by atoms with E-state index in [0.29, 0.717) is 4.88 Å². The van der Waals surface area contributed by atoms with Crippen LogP contribution < -0.4 is 10.6 Å². The van der Waals surface area contributed by atoms with Crippen molar-refractivity contribution >= 4 is 23.2 Å². The predicted octanol–water partition coefficient (Wildman–Crippen LogP) is 0.818. The third-order valence-electron chi connectivity index (χ3n) is 3.27. The van der Waals surface area contributed by atoms with E-state index in [9.17, 15) is 14.7 Å². The Kier molecular flexibility index (Phi) is 4.21. The van der Waals surface area contributed by atoms with Gasteiger partial charge in [0.2, 0.25) is 5.91 Å². The summed E-state index contributed by atoms with van der Waals surface area (Å²) in [7, 11) is 0. The van der Waals surface area contributed by atoms with Crippen molar-refractivity contribution in [3.05, 3.63) is 21.9 Å². The van der Waals surface area contributed by atoms with Gasteiger partial charge in [0, 0.05) is 11.4 Å². The quantitative estimate of drug-likeness (QED) is 0.748. The number of hydrogen-bond donors (Lipinski definition) is 3. The number of hydrogen-bond acceptors (Lipinski definition) is 4. The van der Waals surface area contributed by atoms with E-state index in [-0.39, 0.29) is 24.9 Å². The molecule has 0 radical (unpaired) electrons. The Morgan fingerprint density at radius 2 is 2.11 bits per heavy atom. The van der Waals surface area contributed by atoms with Gasteiger partial charge in [-0.3, -0.25) is 9.59 Å². The molecule has 6 heteroatoms. The lowest BCUT2D eigenvalue weighted by molar-refractivity contribution is -0.122. The normalized spacial score (nSPS) is 16.5. The first-order valence-electron chi connectivity index (χ1n) is 6.32. The zero-order chi connectivity index (χ0) is 13.9. The molecule has 0 unspecified atom stereocenters. The van der Waals surface area contributed by atoms with Gasteiger partial charge in [-0.15, -0.1) is 11.3 Å². The predicted molar refractivity (Wildman–Crippen MR) is 73.2 cm³/mol. The SMILES string of the molecule is Cc1ccc(C(=O)NCC(=O)NCC2(O)CCC2)s1. The van der Waals surface area contributed by atoms with Crippen LogP contribution in [-0.2, 0) is 4.79 Å². The highest BCUT2D eigenvalue weighted by Gasteiger charge is 2.34. The molecule has 2 amide bonds. The first-order chi connectivity index (χ1) is 8.98. The third-order valence-corrected chi connectivity index (χ3v) is 4.27. The first kappa shape index (κ1) is 14.0. The molecule has 0 aromatic carbocycles. The maximum absolute atomic E-state index is 11.7. The van der Waals surface area contributed by atoms with Gasteiger partial charge >= 0.3 is 0 Å². The van der Waals surface area contributed by atoms with Crippen LogP contribution in [0.2, 0.25) is 0 Å². The second-order valence-corrected chi connectivity index (χ2v) is 6.24. The van der Waals surface area contributed by atoms with Gasteiger partial charge in [0.15, 0.2) is 0 Å². The summed E-state index contributed by atoms with van der Waals surface area (Å²) < 4.78 is 0. The highest BCUT2D eigenvalue weighted by atomic mass is 32.1. The third kappa shape index (κ3) is 3.78. The van der Waals surface area contributed by atoms with Gasteiger partial charge in [0.25, 0.3) is 5.91 Å². The first-order valence-corrected chi connectivity index (χ1v) is 7.14. The molecular weight excluding hydrogens is 264 g/mol. The minimum Gasteiger partial charge on any atom is -0.388 e. The number of carbonyl (C=O) groups excluding carboxylic acids is 2. The zero-order valence-electron chi connectivity index (χ0n) is 10.9. The summed E-state index contributed by atoms with van der Waals surface area (Å²) in [6.07, 6.45) is 2.46. The lowest BCUT2D eigenvalue weighted by Crippen LogP contribution is -2.49. The second-order valence-electron chi connectivity index (χ2n) is 4.95. The molecule has 5 nitrogen and oxygen atoms in total. The van der Waals surface area contributed by atoms with Crippen LogP contribution in [0, 0.1) is 6.92 Å². The summed E-state index contributed by atoms with van der Waals surface area (Å²) in [5.41, 5.74) is -0.732.